The number of anilines is 1. The Hall–Kier alpha value is -2.71. The van der Waals surface area contributed by atoms with Gasteiger partial charge >= 0.3 is 11.7 Å². The molecule has 8 heteroatoms. The van der Waals surface area contributed by atoms with Gasteiger partial charge in [-0.2, -0.15) is 0 Å². The maximum absolute atomic E-state index is 12.2. The minimum absolute atomic E-state index is 0.257. The smallest absolute Gasteiger partial charge is 0.411 e. The van der Waals surface area contributed by atoms with Gasteiger partial charge in [-0.15, -0.1) is 0 Å². The lowest BCUT2D eigenvalue weighted by Crippen LogP contribution is -2.54. The number of Topliss-reactive ketones (excluding diaryl/α,β-unsaturated/α-hetero) is 1. The molecule has 2 aromatic rings. The Morgan fingerprint density at radius 3 is 2.67 bits per heavy atom. The first-order valence-electron chi connectivity index (χ1n) is 16.6. The molecule has 0 radical (unpaired) electrons. The van der Waals surface area contributed by atoms with E-state index in [4.69, 9.17) is 13.9 Å². The van der Waals surface area contributed by atoms with Crippen LogP contribution in [0.2, 0.25) is 0 Å². The Morgan fingerprint density at radius 1 is 1.00 bits per heavy atom. The average molecular weight is 593 g/mol. The molecule has 0 spiro atoms. The molecule has 8 nitrogen and oxygen atoms in total. The molecule has 0 aliphatic heterocycles. The Kier molecular flexibility index (Phi) is 8.71. The second kappa shape index (κ2) is 12.4. The number of amides is 1. The lowest BCUT2D eigenvalue weighted by Gasteiger charge is -2.60. The number of nitrogens with one attached hydrogen (secondary N) is 2. The third kappa shape index (κ3) is 5.89. The van der Waals surface area contributed by atoms with Crippen LogP contribution >= 0.6 is 0 Å². The van der Waals surface area contributed by atoms with Gasteiger partial charge in [-0.1, -0.05) is 13.8 Å². The topological polar surface area (TPSA) is 107 Å². The van der Waals surface area contributed by atoms with E-state index >= 15 is 0 Å². The van der Waals surface area contributed by atoms with Crippen molar-refractivity contribution in [3.63, 3.8) is 0 Å². The monoisotopic (exact) mass is 592 g/mol. The Bertz CT molecular complexity index is 1400. The van der Waals surface area contributed by atoms with Crippen LogP contribution in [0.15, 0.2) is 33.5 Å². The van der Waals surface area contributed by atoms with E-state index in [1.54, 1.807) is 25.1 Å². The summed E-state index contributed by atoms with van der Waals surface area (Å²) in [6, 6.07) is 6.86. The molecule has 4 aliphatic carbocycles. The van der Waals surface area contributed by atoms with Crippen molar-refractivity contribution in [1.29, 1.82) is 0 Å². The molecule has 4 saturated carbocycles. The summed E-state index contributed by atoms with van der Waals surface area (Å²) in [6.07, 6.45) is 10.7. The van der Waals surface area contributed by atoms with E-state index in [9.17, 15) is 14.4 Å². The number of ether oxygens (including phenoxy) is 2. The van der Waals surface area contributed by atoms with Gasteiger partial charge in [0.15, 0.2) is 0 Å². The van der Waals surface area contributed by atoms with Crippen LogP contribution in [-0.4, -0.2) is 44.3 Å². The van der Waals surface area contributed by atoms with Crippen LogP contribution in [-0.2, 0) is 20.7 Å². The number of hydrogen-bond acceptors (Lipinski definition) is 7. The number of carbonyl (C=O) groups is 2. The lowest BCUT2D eigenvalue weighted by molar-refractivity contribution is -0.145. The fraction of sp³-hybridized carbons (Fsp3) is 0.686. The van der Waals surface area contributed by atoms with E-state index in [0.717, 1.165) is 67.5 Å². The standard InChI is InChI=1S/C35H48N2O6/c1-4-41-33(40)37-24-6-8-26-22(19-32(39)43-30(26)21-24)13-16-36-17-18-42-31-10-9-28-27-7-5-23-20-25(38)11-14-34(23,2)29(27)12-15-35(28,31)3/h6,8,19,21,23,27-29,31,36H,4-5,7,9-18,20H2,1-3H3,(H,37,40)/t23-,27-,28-,29-,31-,34-,35-/m0/s1. The molecular weight excluding hydrogens is 544 g/mol. The summed E-state index contributed by atoms with van der Waals surface area (Å²) in [5, 5.41) is 7.01. The molecule has 1 amide bonds. The molecule has 0 saturated heterocycles. The molecule has 1 aromatic carbocycles. The fourth-order valence-electron chi connectivity index (χ4n) is 9.69. The molecule has 2 N–H and O–H groups in total. The average Bonchev–Trinajstić information content (AvgIpc) is 3.31. The minimum atomic E-state index is -0.541. The van der Waals surface area contributed by atoms with Crippen molar-refractivity contribution in [2.75, 3.05) is 31.6 Å². The fourth-order valence-corrected chi connectivity index (χ4v) is 9.69. The first-order chi connectivity index (χ1) is 20.7. The van der Waals surface area contributed by atoms with E-state index in [1.165, 1.54) is 32.1 Å². The van der Waals surface area contributed by atoms with Crippen LogP contribution in [0.25, 0.3) is 11.0 Å². The highest BCUT2D eigenvalue weighted by Gasteiger charge is 2.60. The van der Waals surface area contributed by atoms with Crippen molar-refractivity contribution >= 4 is 28.5 Å². The van der Waals surface area contributed by atoms with Crippen molar-refractivity contribution < 1.29 is 23.5 Å². The van der Waals surface area contributed by atoms with Crippen molar-refractivity contribution in [3.05, 3.63) is 40.2 Å². The molecule has 234 valence electrons. The van der Waals surface area contributed by atoms with Gasteiger partial charge < -0.3 is 19.2 Å². The predicted molar refractivity (Wildman–Crippen MR) is 166 cm³/mol. The molecule has 4 fully saturated rings. The quantitative estimate of drug-likeness (QED) is 0.253. The summed E-state index contributed by atoms with van der Waals surface area (Å²) in [4.78, 5) is 36.2. The van der Waals surface area contributed by atoms with Crippen LogP contribution in [0.4, 0.5) is 10.5 Å². The first-order valence-corrected chi connectivity index (χ1v) is 16.6. The van der Waals surface area contributed by atoms with Gasteiger partial charge in [0.25, 0.3) is 0 Å². The molecule has 1 heterocycles. The third-order valence-corrected chi connectivity index (χ3v) is 11.9. The highest BCUT2D eigenvalue weighted by molar-refractivity contribution is 5.90. The summed E-state index contributed by atoms with van der Waals surface area (Å²) in [7, 11) is 0. The largest absolute Gasteiger partial charge is 0.450 e. The van der Waals surface area contributed by atoms with E-state index in [2.05, 4.69) is 24.5 Å². The second-order valence-electron chi connectivity index (χ2n) is 14.0. The van der Waals surface area contributed by atoms with Crippen LogP contribution in [0.1, 0.15) is 84.1 Å². The molecular formula is C35H48N2O6. The van der Waals surface area contributed by atoms with E-state index < -0.39 is 11.7 Å². The van der Waals surface area contributed by atoms with Crippen LogP contribution in [0.3, 0.4) is 0 Å². The number of ketones is 1. The first kappa shape index (κ1) is 30.3. The number of hydrogen-bond donors (Lipinski definition) is 2. The highest BCUT2D eigenvalue weighted by atomic mass is 16.5. The predicted octanol–water partition coefficient (Wildman–Crippen LogP) is 6.49. The second-order valence-corrected chi connectivity index (χ2v) is 14.0. The van der Waals surface area contributed by atoms with Crippen LogP contribution in [0, 0.1) is 34.5 Å². The molecule has 6 rings (SSSR count). The van der Waals surface area contributed by atoms with Gasteiger partial charge in [0.05, 0.1) is 19.3 Å². The summed E-state index contributed by atoms with van der Waals surface area (Å²) >= 11 is 0. The van der Waals surface area contributed by atoms with Gasteiger partial charge in [0.1, 0.15) is 11.4 Å². The summed E-state index contributed by atoms with van der Waals surface area (Å²) in [5.41, 5.74) is 2.08. The Balaban J connectivity index is 0.991. The van der Waals surface area contributed by atoms with Gasteiger partial charge in [-0.3, -0.25) is 10.1 Å². The number of carbonyl (C=O) groups excluding carboxylic acids is 2. The van der Waals surface area contributed by atoms with Crippen molar-refractivity contribution in [2.24, 2.45) is 34.5 Å². The van der Waals surface area contributed by atoms with Crippen molar-refractivity contribution in [3.8, 4) is 0 Å². The van der Waals surface area contributed by atoms with E-state index in [1.807, 2.05) is 6.07 Å². The molecule has 0 unspecified atom stereocenters. The van der Waals surface area contributed by atoms with Gasteiger partial charge in [-0.05, 0) is 117 Å². The lowest BCUT2D eigenvalue weighted by atomic mass is 9.45. The molecule has 4 aliphatic rings. The minimum Gasteiger partial charge on any atom is -0.450 e. The van der Waals surface area contributed by atoms with Gasteiger partial charge in [0.2, 0.25) is 0 Å². The van der Waals surface area contributed by atoms with Crippen molar-refractivity contribution in [2.45, 2.75) is 91.1 Å². The van der Waals surface area contributed by atoms with Crippen LogP contribution < -0.4 is 16.3 Å². The molecule has 43 heavy (non-hydrogen) atoms. The third-order valence-electron chi connectivity index (χ3n) is 11.9. The molecule has 1 aromatic heterocycles. The highest BCUT2D eigenvalue weighted by Crippen LogP contribution is 2.66. The Morgan fingerprint density at radius 2 is 1.84 bits per heavy atom. The number of fused-ring (bicyclic) bond motifs is 6. The zero-order valence-electron chi connectivity index (χ0n) is 26.0. The summed E-state index contributed by atoms with van der Waals surface area (Å²) in [6.45, 7) is 9.22. The molecule has 0 bridgehead atoms. The van der Waals surface area contributed by atoms with Gasteiger partial charge in [-0.25, -0.2) is 9.59 Å². The number of rotatable bonds is 9. The summed E-state index contributed by atoms with van der Waals surface area (Å²) < 4.78 is 16.9. The zero-order chi connectivity index (χ0) is 30.2. The number of benzene rings is 1. The maximum Gasteiger partial charge on any atom is 0.411 e. The van der Waals surface area contributed by atoms with E-state index in [-0.39, 0.29) is 12.0 Å². The van der Waals surface area contributed by atoms with Crippen molar-refractivity contribution in [1.82, 2.24) is 5.32 Å². The van der Waals surface area contributed by atoms with Gasteiger partial charge in [0, 0.05) is 42.6 Å². The molecule has 7 atom stereocenters. The van der Waals surface area contributed by atoms with Crippen LogP contribution in [0.5, 0.6) is 0 Å². The normalized spacial score (nSPS) is 33.5. The zero-order valence-corrected chi connectivity index (χ0v) is 26.0. The SMILES string of the molecule is CCOC(=O)Nc1ccc2c(CCNCCO[C@H]3CC[C@H]4[C@@H]5CC[C@H]6CC(=O)CC[C@]6(C)[C@H]5CC[C@]34C)cc(=O)oc2c1. The summed E-state index contributed by atoms with van der Waals surface area (Å²) in [5.74, 6) is 3.40. The maximum atomic E-state index is 12.2. The Labute approximate surface area is 254 Å². The van der Waals surface area contributed by atoms with E-state index in [0.29, 0.717) is 47.5 Å².